The van der Waals surface area contributed by atoms with Crippen molar-refractivity contribution >= 4 is 17.0 Å². The first kappa shape index (κ1) is 15.6. The molecule has 5 nitrogen and oxygen atoms in total. The van der Waals surface area contributed by atoms with Crippen LogP contribution in [0.4, 0.5) is 5.69 Å². The van der Waals surface area contributed by atoms with Gasteiger partial charge in [-0.05, 0) is 20.3 Å². The Morgan fingerprint density at radius 3 is 2.67 bits per heavy atom. The first-order chi connectivity index (χ1) is 10.0. The Hall–Kier alpha value is -1.79. The number of para-hydroxylation sites is 1. The fourth-order valence-electron chi connectivity index (χ4n) is 2.24. The van der Waals surface area contributed by atoms with Crippen LogP contribution in [0.5, 0.6) is 0 Å². The molecule has 0 spiro atoms. The summed E-state index contributed by atoms with van der Waals surface area (Å²) in [5.74, 6) is 0. The summed E-state index contributed by atoms with van der Waals surface area (Å²) in [5.41, 5.74) is 0.847. The lowest BCUT2D eigenvalue weighted by Gasteiger charge is -2.18. The van der Waals surface area contributed by atoms with Gasteiger partial charge in [0.25, 0.3) is 5.69 Å². The van der Waals surface area contributed by atoms with E-state index in [2.05, 4.69) is 17.2 Å². The van der Waals surface area contributed by atoms with Crippen molar-refractivity contribution in [2.75, 3.05) is 0 Å². The van der Waals surface area contributed by atoms with E-state index < -0.39 is 0 Å². The average Bonchev–Trinajstić information content (AvgIpc) is 2.96. The molecule has 0 bridgehead atoms. The summed E-state index contributed by atoms with van der Waals surface area (Å²) in [4.78, 5) is 16.4. The van der Waals surface area contributed by atoms with Gasteiger partial charge in [0.05, 0.1) is 11.0 Å². The van der Waals surface area contributed by atoms with E-state index in [1.165, 1.54) is 10.9 Å². The average molecular weight is 305 g/mol. The minimum absolute atomic E-state index is 0.0603. The maximum Gasteiger partial charge on any atom is 0.274 e. The second kappa shape index (κ2) is 6.78. The minimum atomic E-state index is -0.337. The van der Waals surface area contributed by atoms with Crippen LogP contribution < -0.4 is 5.32 Å². The number of nitro benzene ring substituents is 1. The summed E-state index contributed by atoms with van der Waals surface area (Å²) >= 11 is 1.68. The van der Waals surface area contributed by atoms with Gasteiger partial charge < -0.3 is 5.32 Å². The molecule has 2 unspecified atom stereocenters. The van der Waals surface area contributed by atoms with Crippen LogP contribution in [0.3, 0.4) is 0 Å². The highest BCUT2D eigenvalue weighted by atomic mass is 32.1. The molecule has 0 saturated heterocycles. The van der Waals surface area contributed by atoms with Gasteiger partial charge in [-0.25, -0.2) is 4.98 Å². The van der Waals surface area contributed by atoms with E-state index in [0.29, 0.717) is 5.56 Å². The van der Waals surface area contributed by atoms with Crippen LogP contribution in [0.25, 0.3) is 0 Å². The van der Waals surface area contributed by atoms with Crippen molar-refractivity contribution in [2.24, 2.45) is 0 Å². The third kappa shape index (κ3) is 3.65. The molecule has 1 N–H and O–H groups in total. The largest absolute Gasteiger partial charge is 0.301 e. The second-order valence-corrected chi connectivity index (χ2v) is 6.09. The van der Waals surface area contributed by atoms with Crippen LogP contribution in [0.2, 0.25) is 0 Å². The van der Waals surface area contributed by atoms with Gasteiger partial charge in [-0.1, -0.05) is 25.1 Å². The lowest BCUT2D eigenvalue weighted by Crippen LogP contribution is -2.23. The van der Waals surface area contributed by atoms with Gasteiger partial charge in [0.1, 0.15) is 5.01 Å². The molecule has 0 saturated carbocycles. The molecular weight excluding hydrogens is 286 g/mol. The van der Waals surface area contributed by atoms with Crippen LogP contribution >= 0.6 is 11.3 Å². The summed E-state index contributed by atoms with van der Waals surface area (Å²) in [6.45, 7) is 6.07. The van der Waals surface area contributed by atoms with Crippen molar-refractivity contribution in [3.63, 3.8) is 0 Å². The van der Waals surface area contributed by atoms with Crippen LogP contribution in [0, 0.1) is 10.1 Å². The SMILES string of the molecule is CCc1cnc(C(C)NC(C)c2ccccc2[N+](=O)[O-])s1. The predicted molar refractivity (Wildman–Crippen MR) is 84.6 cm³/mol. The smallest absolute Gasteiger partial charge is 0.274 e. The number of nitrogens with one attached hydrogen (secondary N) is 1. The molecule has 0 aliphatic heterocycles. The number of benzene rings is 1. The Morgan fingerprint density at radius 1 is 1.33 bits per heavy atom. The monoisotopic (exact) mass is 305 g/mol. The van der Waals surface area contributed by atoms with Crippen molar-refractivity contribution in [1.82, 2.24) is 10.3 Å². The molecule has 0 fully saturated rings. The van der Waals surface area contributed by atoms with Gasteiger partial charge in [0.2, 0.25) is 0 Å². The van der Waals surface area contributed by atoms with E-state index in [0.717, 1.165) is 11.4 Å². The highest BCUT2D eigenvalue weighted by molar-refractivity contribution is 7.11. The van der Waals surface area contributed by atoms with Gasteiger partial charge in [-0.15, -0.1) is 11.3 Å². The maximum absolute atomic E-state index is 11.1. The molecule has 0 aliphatic rings. The zero-order chi connectivity index (χ0) is 15.4. The van der Waals surface area contributed by atoms with E-state index >= 15 is 0 Å². The minimum Gasteiger partial charge on any atom is -0.301 e. The quantitative estimate of drug-likeness (QED) is 0.646. The highest BCUT2D eigenvalue weighted by Gasteiger charge is 2.20. The number of aryl methyl sites for hydroxylation is 1. The Bertz CT molecular complexity index is 627. The summed E-state index contributed by atoms with van der Waals surface area (Å²) in [7, 11) is 0. The fraction of sp³-hybridized carbons (Fsp3) is 0.400. The lowest BCUT2D eigenvalue weighted by atomic mass is 10.1. The van der Waals surface area contributed by atoms with E-state index in [1.54, 1.807) is 23.5 Å². The van der Waals surface area contributed by atoms with E-state index in [-0.39, 0.29) is 22.7 Å². The molecule has 21 heavy (non-hydrogen) atoms. The van der Waals surface area contributed by atoms with Crippen LogP contribution in [0.15, 0.2) is 30.5 Å². The van der Waals surface area contributed by atoms with Gasteiger partial charge in [0, 0.05) is 28.7 Å². The number of hydrogen-bond acceptors (Lipinski definition) is 5. The van der Waals surface area contributed by atoms with E-state index in [4.69, 9.17) is 0 Å². The van der Waals surface area contributed by atoms with Gasteiger partial charge in [-0.2, -0.15) is 0 Å². The van der Waals surface area contributed by atoms with Crippen LogP contribution in [-0.4, -0.2) is 9.91 Å². The summed E-state index contributed by atoms with van der Waals surface area (Å²) in [6, 6.07) is 6.79. The van der Waals surface area contributed by atoms with Crippen molar-refractivity contribution in [3.05, 3.63) is 56.0 Å². The Morgan fingerprint density at radius 2 is 2.05 bits per heavy atom. The standard InChI is InChI=1S/C15H19N3O2S/c1-4-12-9-16-15(21-12)11(3)17-10(2)13-7-5-6-8-14(13)18(19)20/h5-11,17H,4H2,1-3H3. The van der Waals surface area contributed by atoms with Gasteiger partial charge in [-0.3, -0.25) is 10.1 Å². The second-order valence-electron chi connectivity index (χ2n) is 4.94. The highest BCUT2D eigenvalue weighted by Crippen LogP contribution is 2.28. The number of nitrogens with zero attached hydrogens (tertiary/aromatic N) is 2. The van der Waals surface area contributed by atoms with Crippen LogP contribution in [-0.2, 0) is 6.42 Å². The Labute approximate surface area is 128 Å². The van der Waals surface area contributed by atoms with Crippen molar-refractivity contribution in [2.45, 2.75) is 39.3 Å². The summed E-state index contributed by atoms with van der Waals surface area (Å²) < 4.78 is 0. The molecule has 0 aliphatic carbocycles. The third-order valence-corrected chi connectivity index (χ3v) is 4.71. The molecule has 1 aromatic carbocycles. The van der Waals surface area contributed by atoms with Crippen molar-refractivity contribution < 1.29 is 4.92 Å². The van der Waals surface area contributed by atoms with Crippen LogP contribution in [0.1, 0.15) is 48.3 Å². The fourth-order valence-corrected chi connectivity index (χ4v) is 3.11. The van der Waals surface area contributed by atoms with E-state index in [9.17, 15) is 10.1 Å². The number of hydrogen-bond donors (Lipinski definition) is 1. The maximum atomic E-state index is 11.1. The summed E-state index contributed by atoms with van der Waals surface area (Å²) in [6.07, 6.45) is 2.87. The van der Waals surface area contributed by atoms with Gasteiger partial charge in [0.15, 0.2) is 0 Å². The molecule has 112 valence electrons. The Balaban J connectivity index is 2.14. The zero-order valence-corrected chi connectivity index (χ0v) is 13.2. The first-order valence-electron chi connectivity index (χ1n) is 6.96. The molecule has 1 aromatic heterocycles. The molecule has 2 atom stereocenters. The predicted octanol–water partition coefficient (Wildman–Crippen LogP) is 4.03. The lowest BCUT2D eigenvalue weighted by molar-refractivity contribution is -0.385. The Kier molecular flexibility index (Phi) is 5.03. The normalized spacial score (nSPS) is 13.9. The van der Waals surface area contributed by atoms with Gasteiger partial charge >= 0.3 is 0 Å². The molecule has 0 amide bonds. The number of thiazole rings is 1. The molecule has 6 heteroatoms. The molecule has 1 heterocycles. The third-order valence-electron chi connectivity index (χ3n) is 3.39. The molecule has 0 radical (unpaired) electrons. The molecular formula is C15H19N3O2S. The summed E-state index contributed by atoms with van der Waals surface area (Å²) in [5, 5.41) is 15.5. The topological polar surface area (TPSA) is 68.1 Å². The van der Waals surface area contributed by atoms with Crippen molar-refractivity contribution in [1.29, 1.82) is 0 Å². The number of nitro groups is 1. The number of rotatable bonds is 6. The van der Waals surface area contributed by atoms with Crippen molar-refractivity contribution in [3.8, 4) is 0 Å². The van der Waals surface area contributed by atoms with E-state index in [1.807, 2.05) is 26.1 Å². The zero-order valence-electron chi connectivity index (χ0n) is 12.4. The molecule has 2 aromatic rings. The molecule has 2 rings (SSSR count). The number of aromatic nitrogens is 1. The first-order valence-corrected chi connectivity index (χ1v) is 7.78.